The Labute approximate surface area is 92.0 Å². The van der Waals surface area contributed by atoms with Crippen molar-refractivity contribution in [1.82, 2.24) is 4.98 Å². The molecule has 0 aliphatic carbocycles. The van der Waals surface area contributed by atoms with E-state index in [9.17, 15) is 0 Å². The van der Waals surface area contributed by atoms with Gasteiger partial charge in [0, 0.05) is 11.6 Å². The molecule has 0 saturated heterocycles. The van der Waals surface area contributed by atoms with Gasteiger partial charge in [0.2, 0.25) is 0 Å². The van der Waals surface area contributed by atoms with Crippen LogP contribution in [0, 0.1) is 0 Å². The van der Waals surface area contributed by atoms with E-state index in [2.05, 4.69) is 40.0 Å². The second-order valence-electron chi connectivity index (χ2n) is 3.39. The first-order valence-corrected chi connectivity index (χ1v) is 5.76. The Morgan fingerprint density at radius 3 is 2.80 bits per heavy atom. The van der Waals surface area contributed by atoms with Crippen LogP contribution in [0.5, 0.6) is 0 Å². The molecule has 0 atom stereocenters. The third-order valence-corrected chi connectivity index (χ3v) is 3.16. The van der Waals surface area contributed by atoms with Gasteiger partial charge in [-0.1, -0.05) is 18.2 Å². The monoisotopic (exact) mass is 211 g/mol. The van der Waals surface area contributed by atoms with E-state index < -0.39 is 0 Å². The minimum absolute atomic E-state index is 1.06. The zero-order chi connectivity index (χ0) is 10.1. The lowest BCUT2D eigenvalue weighted by atomic mass is 10.0. The van der Waals surface area contributed by atoms with Crippen molar-refractivity contribution in [2.75, 3.05) is 0 Å². The SMILES string of the molecule is c1ccc2c(-c3ccsc3)ccnc2c1. The summed E-state index contributed by atoms with van der Waals surface area (Å²) in [4.78, 5) is 4.36. The molecule has 0 radical (unpaired) electrons. The number of para-hydroxylation sites is 1. The number of benzene rings is 1. The first-order chi connectivity index (χ1) is 7.45. The van der Waals surface area contributed by atoms with Gasteiger partial charge in [-0.05, 0) is 40.1 Å². The van der Waals surface area contributed by atoms with Crippen LogP contribution in [0.2, 0.25) is 0 Å². The molecule has 1 nitrogen and oxygen atoms in total. The van der Waals surface area contributed by atoms with E-state index in [0.717, 1.165) is 5.52 Å². The molecule has 0 fully saturated rings. The molecule has 2 heterocycles. The summed E-state index contributed by atoms with van der Waals surface area (Å²) in [6, 6.07) is 12.5. The third kappa shape index (κ3) is 1.43. The number of nitrogens with zero attached hydrogens (tertiary/aromatic N) is 1. The molecule has 0 bridgehead atoms. The maximum atomic E-state index is 4.36. The van der Waals surface area contributed by atoms with Gasteiger partial charge in [-0.2, -0.15) is 11.3 Å². The normalized spacial score (nSPS) is 10.7. The summed E-state index contributed by atoms with van der Waals surface area (Å²) in [5.74, 6) is 0. The van der Waals surface area contributed by atoms with Gasteiger partial charge in [-0.25, -0.2) is 0 Å². The molecule has 1 aromatic carbocycles. The minimum atomic E-state index is 1.06. The number of hydrogen-bond acceptors (Lipinski definition) is 2. The van der Waals surface area contributed by atoms with E-state index in [1.54, 1.807) is 11.3 Å². The lowest BCUT2D eigenvalue weighted by Gasteiger charge is -2.02. The molecule has 3 rings (SSSR count). The number of hydrogen-bond donors (Lipinski definition) is 0. The van der Waals surface area contributed by atoms with Crippen LogP contribution < -0.4 is 0 Å². The van der Waals surface area contributed by atoms with Gasteiger partial charge in [-0.15, -0.1) is 0 Å². The van der Waals surface area contributed by atoms with Gasteiger partial charge < -0.3 is 0 Å². The van der Waals surface area contributed by atoms with E-state index >= 15 is 0 Å². The van der Waals surface area contributed by atoms with Gasteiger partial charge >= 0.3 is 0 Å². The van der Waals surface area contributed by atoms with Crippen molar-refractivity contribution >= 4 is 22.2 Å². The van der Waals surface area contributed by atoms with Gasteiger partial charge in [0.15, 0.2) is 0 Å². The van der Waals surface area contributed by atoms with Gasteiger partial charge in [-0.3, -0.25) is 4.98 Å². The van der Waals surface area contributed by atoms with Crippen LogP contribution in [0.4, 0.5) is 0 Å². The number of thiophene rings is 1. The lowest BCUT2D eigenvalue weighted by molar-refractivity contribution is 1.41. The summed E-state index contributed by atoms with van der Waals surface area (Å²) in [6.45, 7) is 0. The van der Waals surface area contributed by atoms with Crippen molar-refractivity contribution in [3.05, 3.63) is 53.4 Å². The summed E-state index contributed by atoms with van der Waals surface area (Å²) in [6.07, 6.45) is 1.87. The second kappa shape index (κ2) is 3.48. The predicted octanol–water partition coefficient (Wildman–Crippen LogP) is 3.96. The Balaban J connectivity index is 2.36. The molecular formula is C13H9NS. The Hall–Kier alpha value is -1.67. The standard InChI is InChI=1S/C13H9NS/c1-2-4-13-12(3-1)11(5-7-14-13)10-6-8-15-9-10/h1-9H. The highest BCUT2D eigenvalue weighted by molar-refractivity contribution is 7.08. The quantitative estimate of drug-likeness (QED) is 0.593. The van der Waals surface area contributed by atoms with Gasteiger partial charge in [0.25, 0.3) is 0 Å². The fraction of sp³-hybridized carbons (Fsp3) is 0. The highest BCUT2D eigenvalue weighted by Gasteiger charge is 2.03. The van der Waals surface area contributed by atoms with E-state index in [0.29, 0.717) is 0 Å². The van der Waals surface area contributed by atoms with Crippen molar-refractivity contribution in [2.24, 2.45) is 0 Å². The van der Waals surface area contributed by atoms with Crippen LogP contribution in [0.15, 0.2) is 53.4 Å². The zero-order valence-electron chi connectivity index (χ0n) is 8.05. The van der Waals surface area contributed by atoms with Gasteiger partial charge in [0.1, 0.15) is 0 Å². The largest absolute Gasteiger partial charge is 0.256 e. The van der Waals surface area contributed by atoms with Crippen molar-refractivity contribution in [2.45, 2.75) is 0 Å². The highest BCUT2D eigenvalue weighted by atomic mass is 32.1. The molecule has 0 amide bonds. The van der Waals surface area contributed by atoms with Crippen LogP contribution >= 0.6 is 11.3 Å². The molecule has 2 heteroatoms. The Morgan fingerprint density at radius 2 is 1.93 bits per heavy atom. The van der Waals surface area contributed by atoms with Crippen molar-refractivity contribution < 1.29 is 0 Å². The smallest absolute Gasteiger partial charge is 0.0708 e. The number of fused-ring (bicyclic) bond motifs is 1. The fourth-order valence-electron chi connectivity index (χ4n) is 1.77. The first kappa shape index (κ1) is 8.62. The number of pyridine rings is 1. The molecule has 15 heavy (non-hydrogen) atoms. The molecule has 0 aliphatic rings. The number of rotatable bonds is 1. The summed E-state index contributed by atoms with van der Waals surface area (Å²) >= 11 is 1.72. The zero-order valence-corrected chi connectivity index (χ0v) is 8.87. The van der Waals surface area contributed by atoms with Crippen molar-refractivity contribution in [3.63, 3.8) is 0 Å². The van der Waals surface area contributed by atoms with Crippen LogP contribution in [0.25, 0.3) is 22.0 Å². The summed E-state index contributed by atoms with van der Waals surface area (Å²) in [5, 5.41) is 5.49. The predicted molar refractivity (Wildman–Crippen MR) is 65.1 cm³/mol. The number of aromatic nitrogens is 1. The van der Waals surface area contributed by atoms with E-state index in [1.807, 2.05) is 18.3 Å². The van der Waals surface area contributed by atoms with E-state index in [4.69, 9.17) is 0 Å². The van der Waals surface area contributed by atoms with Crippen molar-refractivity contribution in [3.8, 4) is 11.1 Å². The Bertz CT molecular complexity index is 579. The van der Waals surface area contributed by atoms with Crippen LogP contribution in [0.1, 0.15) is 0 Å². The van der Waals surface area contributed by atoms with Crippen LogP contribution in [-0.4, -0.2) is 4.98 Å². The molecular weight excluding hydrogens is 202 g/mol. The lowest BCUT2D eigenvalue weighted by Crippen LogP contribution is -1.81. The first-order valence-electron chi connectivity index (χ1n) is 4.81. The van der Waals surface area contributed by atoms with Gasteiger partial charge in [0.05, 0.1) is 5.52 Å². The third-order valence-electron chi connectivity index (χ3n) is 2.48. The minimum Gasteiger partial charge on any atom is -0.256 e. The maximum absolute atomic E-state index is 4.36. The van der Waals surface area contributed by atoms with E-state index in [1.165, 1.54) is 16.5 Å². The average molecular weight is 211 g/mol. The summed E-state index contributed by atoms with van der Waals surface area (Å²) in [5.41, 5.74) is 3.60. The molecule has 0 N–H and O–H groups in total. The van der Waals surface area contributed by atoms with E-state index in [-0.39, 0.29) is 0 Å². The molecule has 0 saturated carbocycles. The Kier molecular flexibility index (Phi) is 2.00. The average Bonchev–Trinajstić information content (AvgIpc) is 2.82. The Morgan fingerprint density at radius 1 is 1.00 bits per heavy atom. The van der Waals surface area contributed by atoms with Crippen LogP contribution in [0.3, 0.4) is 0 Å². The highest BCUT2D eigenvalue weighted by Crippen LogP contribution is 2.28. The molecule has 0 unspecified atom stereocenters. The molecule has 3 aromatic rings. The summed E-state index contributed by atoms with van der Waals surface area (Å²) < 4.78 is 0. The van der Waals surface area contributed by atoms with Crippen LogP contribution in [-0.2, 0) is 0 Å². The molecule has 0 aliphatic heterocycles. The maximum Gasteiger partial charge on any atom is 0.0708 e. The summed E-state index contributed by atoms with van der Waals surface area (Å²) in [7, 11) is 0. The molecule has 0 spiro atoms. The second-order valence-corrected chi connectivity index (χ2v) is 4.17. The molecule has 72 valence electrons. The fourth-order valence-corrected chi connectivity index (χ4v) is 2.42. The topological polar surface area (TPSA) is 12.9 Å². The molecule has 2 aromatic heterocycles. The van der Waals surface area contributed by atoms with Crippen molar-refractivity contribution in [1.29, 1.82) is 0 Å².